The molecule has 14 heteroatoms. The van der Waals surface area contributed by atoms with Gasteiger partial charge in [0.05, 0.1) is 42.4 Å². The highest BCUT2D eigenvalue weighted by atomic mass is 32.1. The van der Waals surface area contributed by atoms with Crippen molar-refractivity contribution in [2.24, 2.45) is 5.41 Å². The van der Waals surface area contributed by atoms with Crippen molar-refractivity contribution in [3.8, 4) is 27.4 Å². The lowest BCUT2D eigenvalue weighted by molar-refractivity contribution is -0.150. The van der Waals surface area contributed by atoms with E-state index in [1.807, 2.05) is 29.3 Å². The van der Waals surface area contributed by atoms with Gasteiger partial charge in [0.25, 0.3) is 5.91 Å². The van der Waals surface area contributed by atoms with Crippen LogP contribution >= 0.6 is 11.3 Å². The van der Waals surface area contributed by atoms with Gasteiger partial charge in [0, 0.05) is 29.8 Å². The van der Waals surface area contributed by atoms with E-state index in [1.54, 1.807) is 21.2 Å². The third-order valence-corrected chi connectivity index (χ3v) is 10.1. The van der Waals surface area contributed by atoms with E-state index in [9.17, 15) is 18.8 Å². The van der Waals surface area contributed by atoms with Crippen LogP contribution in [0.5, 0.6) is 5.75 Å². The highest BCUT2D eigenvalue weighted by Crippen LogP contribution is 2.52. The molecule has 8 rings (SSSR count). The highest BCUT2D eigenvalue weighted by Gasteiger charge is 2.53. The standard InChI is InChI=1S/C32H26F2N4O7S/c1-42-31(41)45-16-44-28-21(39)8-10-37-27(28)30(40)36-11-9-32(13-43-14-32)12-22(36)38(37)26-17-4-2-3-5-18(17)29-25(35-15-46-29)23-19(26)6-7-20(33)24(23)34/h2-8,10,15,22,26H,9,11-14,16H2,1H3/t22-,26-/m1/s1. The monoisotopic (exact) mass is 648 g/mol. The zero-order chi connectivity index (χ0) is 31.7. The van der Waals surface area contributed by atoms with Gasteiger partial charge in [0.15, 0.2) is 17.3 Å². The molecule has 2 atom stereocenters. The average Bonchev–Trinajstić information content (AvgIpc) is 3.49. The Morgan fingerprint density at radius 1 is 1.13 bits per heavy atom. The molecule has 2 fully saturated rings. The van der Waals surface area contributed by atoms with Crippen molar-refractivity contribution in [1.29, 1.82) is 0 Å². The maximum atomic E-state index is 16.0. The number of carbonyl (C=O) groups is 2. The van der Waals surface area contributed by atoms with Gasteiger partial charge in [0.1, 0.15) is 6.17 Å². The molecule has 3 aliphatic heterocycles. The molecule has 46 heavy (non-hydrogen) atoms. The van der Waals surface area contributed by atoms with E-state index < -0.39 is 48.1 Å². The van der Waals surface area contributed by atoms with E-state index in [4.69, 9.17) is 14.2 Å². The van der Waals surface area contributed by atoms with E-state index in [0.717, 1.165) is 24.3 Å². The van der Waals surface area contributed by atoms with Crippen molar-refractivity contribution < 1.29 is 37.3 Å². The molecule has 2 saturated heterocycles. The predicted octanol–water partition coefficient (Wildman–Crippen LogP) is 4.67. The minimum absolute atomic E-state index is 0.0314. The minimum atomic E-state index is -1.02. The Morgan fingerprint density at radius 3 is 2.74 bits per heavy atom. The van der Waals surface area contributed by atoms with Crippen molar-refractivity contribution in [3.05, 3.63) is 92.9 Å². The number of piperidine rings is 1. The van der Waals surface area contributed by atoms with Gasteiger partial charge in [-0.2, -0.15) is 0 Å². The maximum Gasteiger partial charge on any atom is 0.510 e. The molecule has 0 saturated carbocycles. The Balaban J connectivity index is 1.39. The minimum Gasteiger partial charge on any atom is -0.451 e. The number of hydrogen-bond acceptors (Lipinski definition) is 10. The van der Waals surface area contributed by atoms with Crippen LogP contribution < -0.4 is 15.2 Å². The lowest BCUT2D eigenvalue weighted by Gasteiger charge is -2.57. The van der Waals surface area contributed by atoms with Crippen LogP contribution in [0.3, 0.4) is 0 Å². The molecule has 11 nitrogen and oxygen atoms in total. The van der Waals surface area contributed by atoms with E-state index in [1.165, 1.54) is 23.6 Å². The number of pyridine rings is 1. The van der Waals surface area contributed by atoms with Crippen LogP contribution in [0, 0.1) is 17.0 Å². The van der Waals surface area contributed by atoms with Crippen LogP contribution in [0.25, 0.3) is 21.7 Å². The molecule has 2 aromatic carbocycles. The maximum absolute atomic E-state index is 16.0. The third kappa shape index (κ3) is 4.16. The first-order valence-electron chi connectivity index (χ1n) is 14.6. The molecule has 4 aliphatic rings. The first-order valence-corrected chi connectivity index (χ1v) is 15.5. The van der Waals surface area contributed by atoms with E-state index in [0.29, 0.717) is 48.7 Å². The number of benzene rings is 2. The van der Waals surface area contributed by atoms with Crippen LogP contribution in [0.4, 0.5) is 13.6 Å². The average molecular weight is 649 g/mol. The quantitative estimate of drug-likeness (QED) is 0.230. The van der Waals surface area contributed by atoms with Crippen molar-refractivity contribution in [2.45, 2.75) is 25.0 Å². The Labute approximate surface area is 264 Å². The summed E-state index contributed by atoms with van der Waals surface area (Å²) in [5, 5.41) is 1.94. The van der Waals surface area contributed by atoms with Crippen LogP contribution in [0.1, 0.15) is 40.5 Å². The number of ether oxygens (including phenoxy) is 4. The number of nitrogens with zero attached hydrogens (tertiary/aromatic N) is 4. The summed E-state index contributed by atoms with van der Waals surface area (Å²) in [7, 11) is 1.13. The van der Waals surface area contributed by atoms with Crippen LogP contribution in [-0.2, 0) is 14.2 Å². The van der Waals surface area contributed by atoms with Gasteiger partial charge in [-0.1, -0.05) is 30.3 Å². The lowest BCUT2D eigenvalue weighted by atomic mass is 9.74. The van der Waals surface area contributed by atoms with Crippen molar-refractivity contribution in [1.82, 2.24) is 14.6 Å². The molecule has 2 aromatic heterocycles. The number of carbonyl (C=O) groups excluding carboxylic acids is 2. The second kappa shape index (κ2) is 10.6. The zero-order valence-corrected chi connectivity index (χ0v) is 25.2. The number of amides is 1. The van der Waals surface area contributed by atoms with Gasteiger partial charge in [-0.15, -0.1) is 11.3 Å². The molecular weight excluding hydrogens is 622 g/mol. The second-order valence-corrected chi connectivity index (χ2v) is 12.6. The lowest BCUT2D eigenvalue weighted by Crippen LogP contribution is -2.68. The Hall–Kier alpha value is -4.82. The molecule has 1 aliphatic carbocycles. The number of fused-ring (bicyclic) bond motifs is 7. The van der Waals surface area contributed by atoms with Crippen LogP contribution in [0.2, 0.25) is 0 Å². The number of rotatable bonds is 4. The highest BCUT2D eigenvalue weighted by molar-refractivity contribution is 7.13. The SMILES string of the molecule is COC(=O)OCOc1c2n(ccc1=O)N([C@@H]1c3ccccc3-c3scnc3-c3c1ccc(F)c3F)[C@@H]1CC3(CCN1C2=O)COC3. The van der Waals surface area contributed by atoms with Crippen molar-refractivity contribution in [2.75, 3.05) is 38.7 Å². The van der Waals surface area contributed by atoms with E-state index in [2.05, 4.69) is 9.72 Å². The molecule has 0 unspecified atom stereocenters. The van der Waals surface area contributed by atoms with E-state index >= 15 is 4.39 Å². The molecule has 4 aromatic rings. The summed E-state index contributed by atoms with van der Waals surface area (Å²) in [6, 6.07) is 10.7. The zero-order valence-electron chi connectivity index (χ0n) is 24.4. The molecule has 1 spiro atoms. The summed E-state index contributed by atoms with van der Waals surface area (Å²) >= 11 is 1.33. The summed E-state index contributed by atoms with van der Waals surface area (Å²) in [5.41, 5.74) is 3.10. The summed E-state index contributed by atoms with van der Waals surface area (Å²) in [4.78, 5) is 46.0. The first kappa shape index (κ1) is 28.6. The Kier molecular flexibility index (Phi) is 6.62. The van der Waals surface area contributed by atoms with E-state index in [-0.39, 0.29) is 22.4 Å². The summed E-state index contributed by atoms with van der Waals surface area (Å²) in [5.74, 6) is -2.80. The van der Waals surface area contributed by atoms with Gasteiger partial charge >= 0.3 is 6.16 Å². The summed E-state index contributed by atoms with van der Waals surface area (Å²) in [6.45, 7) is 0.753. The Bertz CT molecular complexity index is 1980. The third-order valence-electron chi connectivity index (χ3n) is 9.26. The second-order valence-electron chi connectivity index (χ2n) is 11.7. The number of methoxy groups -OCH3 is 1. The molecule has 236 valence electrons. The molecular formula is C32H26F2N4O7S. The number of aromatic nitrogens is 2. The van der Waals surface area contributed by atoms with Crippen molar-refractivity contribution >= 4 is 23.4 Å². The molecule has 5 heterocycles. The fourth-order valence-corrected chi connectivity index (χ4v) is 7.93. The summed E-state index contributed by atoms with van der Waals surface area (Å²) in [6.07, 6.45) is 1.11. The normalized spacial score (nSPS) is 20.4. The van der Waals surface area contributed by atoms with Crippen LogP contribution in [-0.4, -0.2) is 66.4 Å². The number of thiazole rings is 1. The molecule has 0 radical (unpaired) electrons. The summed E-state index contributed by atoms with van der Waals surface area (Å²) < 4.78 is 53.1. The smallest absolute Gasteiger partial charge is 0.451 e. The largest absolute Gasteiger partial charge is 0.510 e. The molecule has 0 bridgehead atoms. The fourth-order valence-electron chi connectivity index (χ4n) is 7.08. The van der Waals surface area contributed by atoms with Gasteiger partial charge < -0.3 is 23.8 Å². The van der Waals surface area contributed by atoms with Crippen LogP contribution in [0.15, 0.2) is 59.0 Å². The predicted molar refractivity (Wildman–Crippen MR) is 160 cm³/mol. The molecule has 0 N–H and O–H groups in total. The Morgan fingerprint density at radius 2 is 1.96 bits per heavy atom. The van der Waals surface area contributed by atoms with Crippen molar-refractivity contribution in [3.63, 3.8) is 0 Å². The topological polar surface area (TPSA) is 112 Å². The fraction of sp³-hybridized carbons (Fsp3) is 0.312. The van der Waals surface area contributed by atoms with Gasteiger partial charge in [-0.25, -0.2) is 18.6 Å². The van der Waals surface area contributed by atoms with Gasteiger partial charge in [-0.3, -0.25) is 19.3 Å². The molecule has 1 amide bonds. The first-order chi connectivity index (χ1) is 22.3. The van der Waals surface area contributed by atoms with Gasteiger partial charge in [-0.05, 0) is 35.6 Å². The number of halogens is 2. The van der Waals surface area contributed by atoms with Gasteiger partial charge in [0.2, 0.25) is 18.0 Å². The number of hydrogen-bond donors (Lipinski definition) is 0.